The molecule has 0 spiro atoms. The van der Waals surface area contributed by atoms with E-state index in [4.69, 9.17) is 0 Å². The molecule has 0 saturated heterocycles. The summed E-state index contributed by atoms with van der Waals surface area (Å²) in [6.45, 7) is 7.78. The van der Waals surface area contributed by atoms with Crippen LogP contribution in [0.4, 0.5) is 0 Å². The molecule has 0 saturated carbocycles. The Morgan fingerprint density at radius 3 is 0.294 bits per heavy atom. The quantitative estimate of drug-likeness (QED) is 0.337. The van der Waals surface area contributed by atoms with E-state index in [1.54, 1.807) is 126 Å². The van der Waals surface area contributed by atoms with E-state index in [-0.39, 0.29) is 16.8 Å². The van der Waals surface area contributed by atoms with Gasteiger partial charge >= 0.3 is 0 Å². The fraction of sp³-hybridized carbons (Fsp3) is 0.333. The van der Waals surface area contributed by atoms with Gasteiger partial charge in [-0.1, -0.05) is 0 Å². The van der Waals surface area contributed by atoms with Crippen molar-refractivity contribution in [1.29, 1.82) is 0 Å². The summed E-state index contributed by atoms with van der Waals surface area (Å²) >= 11 is 0. The van der Waals surface area contributed by atoms with Crippen molar-refractivity contribution >= 4 is 126 Å². The van der Waals surface area contributed by atoms with Crippen LogP contribution in [0.15, 0.2) is 99.8 Å². The second kappa shape index (κ2) is 41.9. The van der Waals surface area contributed by atoms with Gasteiger partial charge in [0.05, 0.1) is 65.4 Å². The molecule has 0 amide bonds. The summed E-state index contributed by atoms with van der Waals surface area (Å²) in [6.07, 6.45) is 33.2. The maximum atomic E-state index is 3.74. The van der Waals surface area contributed by atoms with Gasteiger partial charge < -0.3 is 0 Å². The van der Waals surface area contributed by atoms with Gasteiger partial charge in [-0.3, -0.25) is 49.9 Å². The number of hydrogen-bond acceptors (Lipinski definition) is 20. The number of hydrogen-bond donors (Lipinski definition) is 0. The average molecular weight is 740 g/mol. The fourth-order valence-corrected chi connectivity index (χ4v) is 2.36. The molecule has 10 aliphatic heterocycles. The van der Waals surface area contributed by atoms with Gasteiger partial charge in [0.2, 0.25) is 0 Å². The topological polar surface area (TPSA) is 247 Å². The molecule has 0 atom stereocenters. The van der Waals surface area contributed by atoms with Gasteiger partial charge in [-0.15, -0.1) is 0 Å². The van der Waals surface area contributed by atoms with E-state index in [0.29, 0.717) is 0 Å². The molecule has 10 aliphatic rings. The predicted octanol–water partition coefficient (Wildman–Crippen LogP) is 0.989. The Hall–Kier alpha value is -6.09. The molecule has 0 aromatic heterocycles. The molecule has 1 radical (unpaired) electrons. The van der Waals surface area contributed by atoms with Crippen LogP contribution in [0.5, 0.6) is 0 Å². The van der Waals surface area contributed by atoms with Crippen LogP contribution in [0.3, 0.4) is 0 Å². The third-order valence-corrected chi connectivity index (χ3v) is 4.41. The van der Waals surface area contributed by atoms with Crippen molar-refractivity contribution in [3.8, 4) is 0 Å². The normalized spacial score (nSPS) is 17.3. The molecule has 0 N–H and O–H groups in total. The van der Waals surface area contributed by atoms with Crippen LogP contribution in [-0.2, 0) is 16.8 Å². The summed E-state index contributed by atoms with van der Waals surface area (Å²) in [7, 11) is 0. The Labute approximate surface area is 307 Å². The summed E-state index contributed by atoms with van der Waals surface area (Å²) in [5, 5.41) is 0. The Kier molecular flexibility index (Phi) is 36.9. The molecule has 10 rings (SSSR count). The summed E-state index contributed by atoms with van der Waals surface area (Å²) in [6, 6.07) is 0. The zero-order chi connectivity index (χ0) is 35.4. The third kappa shape index (κ3) is 40.0. The second-order valence-corrected chi connectivity index (χ2v) is 8.12. The third-order valence-electron chi connectivity index (χ3n) is 4.41. The first-order valence-corrected chi connectivity index (χ1v) is 15.0. The molecule has 20 nitrogen and oxygen atoms in total. The van der Waals surface area contributed by atoms with Gasteiger partial charge in [0, 0.05) is 78.9 Å². The summed E-state index contributed by atoms with van der Waals surface area (Å²) in [5.74, 6) is 0. The number of nitrogens with zero attached hydrogens (tertiary/aromatic N) is 20. The molecular weight excluding hydrogens is 699 g/mol. The van der Waals surface area contributed by atoms with Crippen LogP contribution in [0.2, 0.25) is 0 Å². The minimum Gasteiger partial charge on any atom is -0.268 e. The van der Waals surface area contributed by atoms with Crippen LogP contribution >= 0.6 is 0 Å². The van der Waals surface area contributed by atoms with Crippen LogP contribution in [0, 0.1) is 0 Å². The molecule has 0 fully saturated rings. The zero-order valence-electron chi connectivity index (χ0n) is 27.9. The number of aliphatic imine (C=N–C) groups is 20. The van der Waals surface area contributed by atoms with Crippen molar-refractivity contribution in [2.75, 3.05) is 65.4 Å². The van der Waals surface area contributed by atoms with E-state index in [0.717, 1.165) is 65.4 Å². The smallest absolute Gasteiger partial charge is 0.109 e. The van der Waals surface area contributed by atoms with Crippen LogP contribution in [0.25, 0.3) is 0 Å². The van der Waals surface area contributed by atoms with Crippen LogP contribution in [0.1, 0.15) is 0 Å². The molecule has 0 bridgehead atoms. The van der Waals surface area contributed by atoms with Crippen LogP contribution in [-0.4, -0.2) is 191 Å². The molecule has 0 aliphatic carbocycles. The average Bonchev–Trinajstić information content (AvgIpc) is 4.08. The summed E-state index contributed by atoms with van der Waals surface area (Å²) < 4.78 is 0. The summed E-state index contributed by atoms with van der Waals surface area (Å²) in [4.78, 5) is 74.0. The van der Waals surface area contributed by atoms with Crippen molar-refractivity contribution in [1.82, 2.24) is 0 Å². The van der Waals surface area contributed by atoms with Crippen molar-refractivity contribution in [2.24, 2.45) is 99.8 Å². The zero-order valence-corrected chi connectivity index (χ0v) is 28.9. The predicted molar refractivity (Wildman–Crippen MR) is 219 cm³/mol. The largest absolute Gasteiger partial charge is 0.268 e. The van der Waals surface area contributed by atoms with E-state index < -0.39 is 0 Å². The maximum Gasteiger partial charge on any atom is 0.109 e. The van der Waals surface area contributed by atoms with E-state index >= 15 is 0 Å². The van der Waals surface area contributed by atoms with Gasteiger partial charge in [-0.25, -0.2) is 49.9 Å². The minimum atomic E-state index is 0. The van der Waals surface area contributed by atoms with E-state index in [1.807, 2.05) is 0 Å². The molecular formula is C30H40CoN20. The molecule has 0 aromatic rings. The Morgan fingerprint density at radius 1 is 0.176 bits per heavy atom. The Balaban J connectivity index is 0.000000543. The van der Waals surface area contributed by atoms with E-state index in [2.05, 4.69) is 99.8 Å². The molecule has 0 aromatic carbocycles. The molecule has 21 heteroatoms. The molecule has 269 valence electrons. The van der Waals surface area contributed by atoms with Crippen molar-refractivity contribution in [3.63, 3.8) is 0 Å². The first-order valence-electron chi connectivity index (χ1n) is 15.0. The van der Waals surface area contributed by atoms with Crippen molar-refractivity contribution in [2.45, 2.75) is 0 Å². The second-order valence-electron chi connectivity index (χ2n) is 8.12. The van der Waals surface area contributed by atoms with Gasteiger partial charge in [0.1, 0.15) is 63.4 Å². The Morgan fingerprint density at radius 2 is 0.275 bits per heavy atom. The van der Waals surface area contributed by atoms with Crippen LogP contribution < -0.4 is 0 Å². The molecule has 10 heterocycles. The summed E-state index contributed by atoms with van der Waals surface area (Å²) in [5.41, 5.74) is 0. The Bertz CT molecular complexity index is 1000. The maximum absolute atomic E-state index is 3.74. The first kappa shape index (κ1) is 44.9. The molecule has 0 unspecified atom stereocenters. The van der Waals surface area contributed by atoms with Crippen molar-refractivity contribution < 1.29 is 16.8 Å². The van der Waals surface area contributed by atoms with Crippen molar-refractivity contribution in [3.05, 3.63) is 0 Å². The minimum absolute atomic E-state index is 0. The SMILES string of the molecule is C1=NC=NC1.C1=NC=NC1.C1=NC=NC1.C1=NC=NC1.C1=NC=NC1.C1=NC=NC1.C1=NC=NC1.C1=NC=NC1.C1=NC=NC1.C1=NC=NC1.[Co]. The number of rotatable bonds is 0. The van der Waals surface area contributed by atoms with Gasteiger partial charge in [-0.05, 0) is 0 Å². The van der Waals surface area contributed by atoms with Gasteiger partial charge in [0.15, 0.2) is 0 Å². The first-order chi connectivity index (χ1) is 25.0. The van der Waals surface area contributed by atoms with Gasteiger partial charge in [0.25, 0.3) is 0 Å². The molecule has 51 heavy (non-hydrogen) atoms. The van der Waals surface area contributed by atoms with E-state index in [9.17, 15) is 0 Å². The standard InChI is InChI=1S/10C3H4N2.Co/c10*1-2-5-3-4-1;/h10*1,3H,2H2;. The van der Waals surface area contributed by atoms with E-state index in [1.165, 1.54) is 0 Å². The fourth-order valence-electron chi connectivity index (χ4n) is 2.36. The van der Waals surface area contributed by atoms with Gasteiger partial charge in [-0.2, -0.15) is 0 Å². The monoisotopic (exact) mass is 739 g/mol.